The van der Waals surface area contributed by atoms with E-state index in [1.807, 2.05) is 18.2 Å². The first-order valence-corrected chi connectivity index (χ1v) is 7.26. The largest absolute Gasteiger partial charge is 0.381 e. The van der Waals surface area contributed by atoms with Gasteiger partial charge < -0.3 is 15.3 Å². The van der Waals surface area contributed by atoms with Crippen molar-refractivity contribution in [1.29, 1.82) is 0 Å². The van der Waals surface area contributed by atoms with Gasteiger partial charge in [0.15, 0.2) is 0 Å². The molecule has 0 amide bonds. The molecule has 7 heteroatoms. The predicted octanol–water partition coefficient (Wildman–Crippen LogP) is 4.43. The van der Waals surface area contributed by atoms with E-state index < -0.39 is 0 Å². The molecule has 0 radical (unpaired) electrons. The number of imidazole rings is 1. The van der Waals surface area contributed by atoms with Crippen molar-refractivity contribution >= 4 is 51.5 Å². The van der Waals surface area contributed by atoms with Gasteiger partial charge in [-0.1, -0.05) is 34.8 Å². The molecule has 0 atom stereocenters. The van der Waals surface area contributed by atoms with Crippen LogP contribution in [-0.2, 0) is 6.54 Å². The van der Waals surface area contributed by atoms with Crippen LogP contribution in [0.1, 0.15) is 5.56 Å². The van der Waals surface area contributed by atoms with Gasteiger partial charge in [-0.05, 0) is 30.3 Å². The Bertz CT molecular complexity index is 870. The molecule has 0 saturated heterocycles. The van der Waals surface area contributed by atoms with Crippen LogP contribution in [0.25, 0.3) is 11.0 Å². The summed E-state index contributed by atoms with van der Waals surface area (Å²) in [4.78, 5) is 16.6. The Morgan fingerprint density at radius 2 is 1.67 bits per heavy atom. The number of aromatic amines is 2. The lowest BCUT2D eigenvalue weighted by molar-refractivity contribution is 1.15. The quantitative estimate of drug-likeness (QED) is 0.617. The molecule has 1 heterocycles. The zero-order valence-electron chi connectivity index (χ0n) is 10.6. The van der Waals surface area contributed by atoms with Gasteiger partial charge in [-0.25, -0.2) is 4.79 Å². The van der Waals surface area contributed by atoms with Crippen molar-refractivity contribution in [2.45, 2.75) is 6.54 Å². The van der Waals surface area contributed by atoms with E-state index in [1.54, 1.807) is 12.1 Å². The molecule has 0 aliphatic heterocycles. The number of hydrogen-bond donors (Lipinski definition) is 3. The van der Waals surface area contributed by atoms with Crippen molar-refractivity contribution < 1.29 is 0 Å². The van der Waals surface area contributed by atoms with Crippen LogP contribution in [0.3, 0.4) is 0 Å². The Kier molecular flexibility index (Phi) is 3.85. The number of benzene rings is 2. The highest BCUT2D eigenvalue weighted by Crippen LogP contribution is 2.32. The SMILES string of the molecule is O=c1[nH]c2ccc(NCc3c(Cl)ccc(Cl)c3Cl)cc2[nH]1. The van der Waals surface area contributed by atoms with Crippen molar-refractivity contribution in [3.05, 3.63) is 61.4 Å². The Labute approximate surface area is 135 Å². The third-order valence-corrected chi connectivity index (χ3v) is 4.32. The smallest absolute Gasteiger partial charge is 0.323 e. The summed E-state index contributed by atoms with van der Waals surface area (Å²) < 4.78 is 0. The Morgan fingerprint density at radius 3 is 2.48 bits per heavy atom. The molecule has 0 unspecified atom stereocenters. The van der Waals surface area contributed by atoms with E-state index in [-0.39, 0.29) is 5.69 Å². The summed E-state index contributed by atoms with van der Waals surface area (Å²) >= 11 is 18.3. The number of halogens is 3. The monoisotopic (exact) mass is 341 g/mol. The lowest BCUT2D eigenvalue weighted by Gasteiger charge is -2.11. The number of anilines is 1. The van der Waals surface area contributed by atoms with Crippen LogP contribution in [-0.4, -0.2) is 9.97 Å². The zero-order chi connectivity index (χ0) is 15.0. The Balaban J connectivity index is 1.86. The summed E-state index contributed by atoms with van der Waals surface area (Å²) in [5, 5.41) is 4.66. The average Bonchev–Trinajstić information content (AvgIpc) is 2.82. The van der Waals surface area contributed by atoms with Crippen molar-refractivity contribution in [1.82, 2.24) is 9.97 Å². The average molecular weight is 343 g/mol. The molecule has 3 aromatic rings. The highest BCUT2D eigenvalue weighted by atomic mass is 35.5. The van der Waals surface area contributed by atoms with Gasteiger partial charge in [0.25, 0.3) is 0 Å². The standard InChI is InChI=1S/C14H10Cl3N3O/c15-9-2-3-10(16)13(17)8(9)6-18-7-1-4-11-12(5-7)20-14(21)19-11/h1-5,18H,6H2,(H2,19,20,21). The van der Waals surface area contributed by atoms with Gasteiger partial charge in [0.1, 0.15) is 0 Å². The van der Waals surface area contributed by atoms with Crippen LogP contribution in [0.15, 0.2) is 35.1 Å². The minimum Gasteiger partial charge on any atom is -0.381 e. The topological polar surface area (TPSA) is 60.7 Å². The third-order valence-electron chi connectivity index (χ3n) is 3.12. The molecule has 0 aliphatic carbocycles. The van der Waals surface area contributed by atoms with Crippen molar-refractivity contribution in [2.75, 3.05) is 5.32 Å². The van der Waals surface area contributed by atoms with Crippen molar-refractivity contribution in [2.24, 2.45) is 0 Å². The second-order valence-electron chi connectivity index (χ2n) is 4.51. The molecule has 0 aliphatic rings. The van der Waals surface area contributed by atoms with E-state index in [4.69, 9.17) is 34.8 Å². The number of aromatic nitrogens is 2. The number of H-pyrrole nitrogens is 2. The van der Waals surface area contributed by atoms with E-state index in [9.17, 15) is 4.79 Å². The van der Waals surface area contributed by atoms with Gasteiger partial charge in [0.05, 0.1) is 21.1 Å². The van der Waals surface area contributed by atoms with E-state index in [0.29, 0.717) is 21.6 Å². The van der Waals surface area contributed by atoms with E-state index in [0.717, 1.165) is 22.3 Å². The first-order chi connectivity index (χ1) is 10.0. The highest BCUT2D eigenvalue weighted by Gasteiger charge is 2.09. The summed E-state index contributed by atoms with van der Waals surface area (Å²) in [7, 11) is 0. The Hall–Kier alpha value is -1.62. The summed E-state index contributed by atoms with van der Waals surface area (Å²) in [6, 6.07) is 8.88. The van der Waals surface area contributed by atoms with E-state index in [1.165, 1.54) is 0 Å². The van der Waals surface area contributed by atoms with Crippen LogP contribution in [0.2, 0.25) is 15.1 Å². The molecule has 0 saturated carbocycles. The molecular weight excluding hydrogens is 333 g/mol. The lowest BCUT2D eigenvalue weighted by Crippen LogP contribution is -2.01. The number of nitrogens with one attached hydrogen (secondary N) is 3. The number of hydrogen-bond acceptors (Lipinski definition) is 2. The molecule has 3 rings (SSSR count). The van der Waals surface area contributed by atoms with Gasteiger partial charge in [-0.15, -0.1) is 0 Å². The van der Waals surface area contributed by atoms with Crippen LogP contribution in [0.5, 0.6) is 0 Å². The predicted molar refractivity (Wildman–Crippen MR) is 87.7 cm³/mol. The second-order valence-corrected chi connectivity index (χ2v) is 5.71. The molecule has 108 valence electrons. The maximum absolute atomic E-state index is 11.2. The molecule has 0 fully saturated rings. The second kappa shape index (κ2) is 5.64. The van der Waals surface area contributed by atoms with Gasteiger partial charge in [-0.3, -0.25) is 0 Å². The first kappa shape index (κ1) is 14.3. The highest BCUT2D eigenvalue weighted by molar-refractivity contribution is 6.44. The minimum absolute atomic E-state index is 0.233. The molecule has 3 N–H and O–H groups in total. The minimum atomic E-state index is -0.233. The molecule has 21 heavy (non-hydrogen) atoms. The summed E-state index contributed by atoms with van der Waals surface area (Å²) in [6.07, 6.45) is 0. The van der Waals surface area contributed by atoms with Crippen molar-refractivity contribution in [3.63, 3.8) is 0 Å². The number of fused-ring (bicyclic) bond motifs is 1. The summed E-state index contributed by atoms with van der Waals surface area (Å²) in [6.45, 7) is 0.429. The van der Waals surface area contributed by atoms with Gasteiger partial charge in [0.2, 0.25) is 0 Å². The van der Waals surface area contributed by atoms with Crippen LogP contribution < -0.4 is 11.0 Å². The fourth-order valence-electron chi connectivity index (χ4n) is 2.06. The maximum Gasteiger partial charge on any atom is 0.323 e. The maximum atomic E-state index is 11.2. The summed E-state index contributed by atoms with van der Waals surface area (Å²) in [5.74, 6) is 0. The van der Waals surface area contributed by atoms with Gasteiger partial charge in [-0.2, -0.15) is 0 Å². The molecule has 1 aromatic heterocycles. The molecule has 2 aromatic carbocycles. The van der Waals surface area contributed by atoms with Crippen LogP contribution >= 0.6 is 34.8 Å². The molecule has 4 nitrogen and oxygen atoms in total. The van der Waals surface area contributed by atoms with Crippen molar-refractivity contribution in [3.8, 4) is 0 Å². The fourth-order valence-corrected chi connectivity index (χ4v) is 2.75. The lowest BCUT2D eigenvalue weighted by atomic mass is 10.2. The zero-order valence-corrected chi connectivity index (χ0v) is 12.9. The molecule has 0 spiro atoms. The van der Waals surface area contributed by atoms with E-state index >= 15 is 0 Å². The van der Waals surface area contributed by atoms with Crippen LogP contribution in [0, 0.1) is 0 Å². The van der Waals surface area contributed by atoms with Gasteiger partial charge in [0, 0.05) is 22.8 Å². The van der Waals surface area contributed by atoms with Crippen LogP contribution in [0.4, 0.5) is 5.69 Å². The van der Waals surface area contributed by atoms with E-state index in [2.05, 4.69) is 15.3 Å². The number of rotatable bonds is 3. The molecular formula is C14H10Cl3N3O. The fraction of sp³-hybridized carbons (Fsp3) is 0.0714. The third kappa shape index (κ3) is 2.88. The molecule has 0 bridgehead atoms. The Morgan fingerprint density at radius 1 is 0.952 bits per heavy atom. The normalized spacial score (nSPS) is 11.0. The first-order valence-electron chi connectivity index (χ1n) is 6.13. The van der Waals surface area contributed by atoms with Gasteiger partial charge >= 0.3 is 5.69 Å². The summed E-state index contributed by atoms with van der Waals surface area (Å²) in [5.41, 5.74) is 2.82.